The third kappa shape index (κ3) is 4.02. The molecule has 1 aliphatic heterocycles. The molecule has 0 bridgehead atoms. The number of carbonyl (C=O) groups excluding carboxylic acids is 1. The Hall–Kier alpha value is -2.93. The lowest BCUT2D eigenvalue weighted by Crippen LogP contribution is -2.60. The Bertz CT molecular complexity index is 1170. The lowest BCUT2D eigenvalue weighted by molar-refractivity contribution is -0.763. The zero-order chi connectivity index (χ0) is 22.0. The Labute approximate surface area is 186 Å². The van der Waals surface area contributed by atoms with Gasteiger partial charge in [-0.1, -0.05) is 61.9 Å². The first kappa shape index (κ1) is 21.3. The quantitative estimate of drug-likeness (QED) is 0.357. The second-order valence-corrected chi connectivity index (χ2v) is 8.83. The van der Waals surface area contributed by atoms with Crippen LogP contribution < -0.4 is 15.1 Å². The van der Waals surface area contributed by atoms with E-state index in [1.54, 1.807) is 28.3 Å². The van der Waals surface area contributed by atoms with E-state index in [0.717, 1.165) is 41.8 Å². The topological polar surface area (TPSA) is 69.9 Å². The maximum absolute atomic E-state index is 13.2. The van der Waals surface area contributed by atoms with E-state index >= 15 is 0 Å². The van der Waals surface area contributed by atoms with Crippen LogP contribution in [0, 0.1) is 6.92 Å². The van der Waals surface area contributed by atoms with E-state index in [0.29, 0.717) is 16.4 Å². The molecule has 0 aliphatic carbocycles. The molecule has 0 saturated heterocycles. The molecule has 160 valence electrons. The van der Waals surface area contributed by atoms with Crippen LogP contribution in [0.15, 0.2) is 58.5 Å². The SMILES string of the molecule is CCCCCSc1n[n+]2c(c(=O)[nH]1)-c1ccccc1N(C(C)=O)[C@H]2c1ccccc1C. The minimum atomic E-state index is -0.527. The summed E-state index contributed by atoms with van der Waals surface area (Å²) in [5.74, 6) is 0.788. The number of hydrogen-bond acceptors (Lipinski definition) is 4. The van der Waals surface area contributed by atoms with E-state index < -0.39 is 6.17 Å². The van der Waals surface area contributed by atoms with Gasteiger partial charge in [0.1, 0.15) is 0 Å². The van der Waals surface area contributed by atoms with E-state index in [-0.39, 0.29) is 11.5 Å². The van der Waals surface area contributed by atoms with Crippen LogP contribution in [-0.4, -0.2) is 21.7 Å². The number of benzene rings is 2. The summed E-state index contributed by atoms with van der Waals surface area (Å²) in [6, 6.07) is 15.5. The molecule has 1 atom stereocenters. The van der Waals surface area contributed by atoms with Crippen molar-refractivity contribution in [1.82, 2.24) is 10.1 Å². The lowest BCUT2D eigenvalue weighted by Gasteiger charge is -2.31. The molecular formula is C24H27N4O2S+. The molecule has 0 fully saturated rings. The minimum absolute atomic E-state index is 0.0990. The molecule has 0 saturated carbocycles. The van der Waals surface area contributed by atoms with Gasteiger partial charge in [-0.25, -0.2) is 4.90 Å². The first-order valence-corrected chi connectivity index (χ1v) is 11.6. The van der Waals surface area contributed by atoms with Crippen LogP contribution in [-0.2, 0) is 4.79 Å². The lowest BCUT2D eigenvalue weighted by atomic mass is 9.99. The number of nitrogens with zero attached hydrogens (tertiary/aromatic N) is 3. The van der Waals surface area contributed by atoms with Crippen molar-refractivity contribution in [3.05, 3.63) is 70.0 Å². The molecule has 4 rings (SSSR count). The van der Waals surface area contributed by atoms with E-state index in [2.05, 4.69) is 11.9 Å². The van der Waals surface area contributed by atoms with Crippen LogP contribution >= 0.6 is 11.8 Å². The van der Waals surface area contributed by atoms with E-state index in [9.17, 15) is 9.59 Å². The summed E-state index contributed by atoms with van der Waals surface area (Å²) in [6.07, 6.45) is 2.83. The maximum Gasteiger partial charge on any atom is 0.325 e. The molecule has 2 aromatic carbocycles. The summed E-state index contributed by atoms with van der Waals surface area (Å²) < 4.78 is 1.73. The highest BCUT2D eigenvalue weighted by molar-refractivity contribution is 7.99. The number of nitrogens with one attached hydrogen (secondary N) is 1. The van der Waals surface area contributed by atoms with Crippen molar-refractivity contribution >= 4 is 23.4 Å². The number of anilines is 1. The molecule has 0 spiro atoms. The van der Waals surface area contributed by atoms with Gasteiger partial charge in [-0.3, -0.25) is 14.6 Å². The Morgan fingerprint density at radius 1 is 1.16 bits per heavy atom. The van der Waals surface area contributed by atoms with Gasteiger partial charge in [0, 0.05) is 23.3 Å². The Morgan fingerprint density at radius 2 is 1.90 bits per heavy atom. The number of aromatic amines is 1. The van der Waals surface area contributed by atoms with Crippen LogP contribution in [0.5, 0.6) is 0 Å². The fourth-order valence-corrected chi connectivity index (χ4v) is 4.91. The number of hydrogen-bond donors (Lipinski definition) is 1. The molecular weight excluding hydrogens is 408 g/mol. The highest BCUT2D eigenvalue weighted by atomic mass is 32.2. The molecule has 0 unspecified atom stereocenters. The highest BCUT2D eigenvalue weighted by Crippen LogP contribution is 2.37. The van der Waals surface area contributed by atoms with Crippen LogP contribution in [0.4, 0.5) is 5.69 Å². The zero-order valence-corrected chi connectivity index (χ0v) is 18.9. The summed E-state index contributed by atoms with van der Waals surface area (Å²) >= 11 is 1.55. The molecule has 1 N–H and O–H groups in total. The summed E-state index contributed by atoms with van der Waals surface area (Å²) in [6.45, 7) is 5.74. The van der Waals surface area contributed by atoms with Crippen LogP contribution in [0.25, 0.3) is 11.3 Å². The second kappa shape index (κ2) is 9.06. The Morgan fingerprint density at radius 3 is 2.65 bits per heavy atom. The molecule has 1 amide bonds. The number of H-pyrrole nitrogens is 1. The molecule has 31 heavy (non-hydrogen) atoms. The number of fused-ring (bicyclic) bond motifs is 3. The number of amides is 1. The van der Waals surface area contributed by atoms with Gasteiger partial charge in [-0.05, 0) is 41.8 Å². The third-order valence-electron chi connectivity index (χ3n) is 5.55. The van der Waals surface area contributed by atoms with Crippen molar-refractivity contribution in [1.29, 1.82) is 0 Å². The number of unbranched alkanes of at least 4 members (excludes halogenated alkanes) is 2. The maximum atomic E-state index is 13.2. The summed E-state index contributed by atoms with van der Waals surface area (Å²) in [7, 11) is 0. The molecule has 0 radical (unpaired) electrons. The molecule has 2 heterocycles. The smallest absolute Gasteiger partial charge is 0.291 e. The highest BCUT2D eigenvalue weighted by Gasteiger charge is 2.45. The largest absolute Gasteiger partial charge is 0.325 e. The van der Waals surface area contributed by atoms with Crippen molar-refractivity contribution < 1.29 is 9.48 Å². The zero-order valence-electron chi connectivity index (χ0n) is 18.1. The molecule has 7 heteroatoms. The van der Waals surface area contributed by atoms with Crippen molar-refractivity contribution in [2.75, 3.05) is 10.7 Å². The third-order valence-corrected chi connectivity index (χ3v) is 6.50. The van der Waals surface area contributed by atoms with Crippen molar-refractivity contribution in [3.8, 4) is 11.3 Å². The normalized spacial score (nSPS) is 14.8. The number of rotatable bonds is 6. The van der Waals surface area contributed by atoms with Gasteiger partial charge >= 0.3 is 11.3 Å². The predicted molar refractivity (Wildman–Crippen MR) is 123 cm³/mol. The van der Waals surface area contributed by atoms with Crippen molar-refractivity contribution in [2.24, 2.45) is 0 Å². The van der Waals surface area contributed by atoms with Crippen LogP contribution in [0.1, 0.15) is 50.4 Å². The van der Waals surface area contributed by atoms with Crippen LogP contribution in [0.2, 0.25) is 0 Å². The average molecular weight is 436 g/mol. The van der Waals surface area contributed by atoms with Gasteiger partial charge in [0.15, 0.2) is 0 Å². The van der Waals surface area contributed by atoms with E-state index in [1.807, 2.05) is 55.5 Å². The van der Waals surface area contributed by atoms with Gasteiger partial charge in [0.25, 0.3) is 6.17 Å². The van der Waals surface area contributed by atoms with E-state index in [1.165, 1.54) is 0 Å². The Kier molecular flexibility index (Phi) is 6.23. The van der Waals surface area contributed by atoms with Crippen LogP contribution in [0.3, 0.4) is 0 Å². The second-order valence-electron chi connectivity index (χ2n) is 7.74. The van der Waals surface area contributed by atoms with Gasteiger partial charge in [0.05, 0.1) is 11.3 Å². The number of thioether (sulfide) groups is 1. The first-order valence-electron chi connectivity index (χ1n) is 10.7. The first-order chi connectivity index (χ1) is 15.0. The fourth-order valence-electron chi connectivity index (χ4n) is 4.06. The number of carbonyl (C=O) groups is 1. The van der Waals surface area contributed by atoms with Gasteiger partial charge in [-0.15, -0.1) is 0 Å². The van der Waals surface area contributed by atoms with Crippen molar-refractivity contribution in [3.63, 3.8) is 0 Å². The fraction of sp³-hybridized carbons (Fsp3) is 0.333. The molecule has 6 nitrogen and oxygen atoms in total. The average Bonchev–Trinajstić information content (AvgIpc) is 2.76. The van der Waals surface area contributed by atoms with Gasteiger partial charge in [-0.2, -0.15) is 0 Å². The van der Waals surface area contributed by atoms with Gasteiger partial charge in [0.2, 0.25) is 11.1 Å². The molecule has 1 aromatic heterocycles. The summed E-state index contributed by atoms with van der Waals surface area (Å²) in [5.41, 5.74) is 3.69. The van der Waals surface area contributed by atoms with Gasteiger partial charge < -0.3 is 0 Å². The Balaban J connectivity index is 1.93. The predicted octanol–water partition coefficient (Wildman–Crippen LogP) is 4.23. The minimum Gasteiger partial charge on any atom is -0.291 e. The van der Waals surface area contributed by atoms with Crippen molar-refractivity contribution in [2.45, 2.75) is 51.4 Å². The number of para-hydroxylation sites is 1. The summed E-state index contributed by atoms with van der Waals surface area (Å²) in [5, 5.41) is 5.41. The molecule has 1 aliphatic rings. The van der Waals surface area contributed by atoms with E-state index in [4.69, 9.17) is 5.10 Å². The summed E-state index contributed by atoms with van der Waals surface area (Å²) in [4.78, 5) is 30.8. The number of aromatic nitrogens is 3. The number of aryl methyl sites for hydroxylation is 1. The standard InChI is InChI=1S/C24H26N4O2S/c1-4-5-10-15-31-24-25-22(30)21-19-13-8-9-14-20(19)27(17(3)29)23(28(21)26-24)18-12-7-6-11-16(18)2/h6-9,11-14,23H,4-5,10,15H2,1-3H3/p+1/t23-/m1/s1. The molecule has 3 aromatic rings. The monoisotopic (exact) mass is 435 g/mol.